The lowest BCUT2D eigenvalue weighted by molar-refractivity contribution is -0.145. The number of aliphatic carboxylic acids is 1. The summed E-state index contributed by atoms with van der Waals surface area (Å²) >= 11 is 1.40. The molecule has 104 valence electrons. The molecule has 0 radical (unpaired) electrons. The maximum atomic E-state index is 12.2. The third kappa shape index (κ3) is 3.12. The summed E-state index contributed by atoms with van der Waals surface area (Å²) in [6.07, 6.45) is 3.87. The van der Waals surface area contributed by atoms with E-state index in [2.05, 4.69) is 10.3 Å². The Morgan fingerprint density at radius 3 is 2.68 bits per heavy atom. The van der Waals surface area contributed by atoms with Crippen molar-refractivity contribution in [3.05, 3.63) is 11.1 Å². The number of rotatable bonds is 4. The number of hydrogen-bond acceptors (Lipinski definition) is 4. The second-order valence-corrected chi connectivity index (χ2v) is 6.30. The number of thiazole rings is 1. The average Bonchev–Trinajstić information content (AvgIpc) is 2.95. The Hall–Kier alpha value is -1.43. The number of anilines is 1. The average molecular weight is 282 g/mol. The van der Waals surface area contributed by atoms with Gasteiger partial charge in [0.1, 0.15) is 0 Å². The highest BCUT2D eigenvalue weighted by atomic mass is 32.1. The zero-order valence-corrected chi connectivity index (χ0v) is 11.9. The molecule has 3 unspecified atom stereocenters. The summed E-state index contributed by atoms with van der Waals surface area (Å²) in [5.41, 5.74) is 0. The monoisotopic (exact) mass is 282 g/mol. The van der Waals surface area contributed by atoms with E-state index in [1.54, 1.807) is 6.20 Å². The number of carbonyl (C=O) groups excluding carboxylic acids is 1. The standard InChI is InChI=1S/C13H18N2O3S/c1-3-8-4-9(10(5-8)12(17)18)11(16)15-13-14-6-7(2)19-13/h6,8-10H,3-5H2,1-2H3,(H,17,18)(H,14,15,16). The number of carboxylic acids is 1. The van der Waals surface area contributed by atoms with Crippen LogP contribution < -0.4 is 5.32 Å². The predicted molar refractivity (Wildman–Crippen MR) is 73.1 cm³/mol. The van der Waals surface area contributed by atoms with Gasteiger partial charge in [0.25, 0.3) is 0 Å². The summed E-state index contributed by atoms with van der Waals surface area (Å²) in [6, 6.07) is 0. The Kier molecular flexibility index (Phi) is 4.19. The van der Waals surface area contributed by atoms with Crippen LogP contribution in [0.25, 0.3) is 0 Å². The van der Waals surface area contributed by atoms with Crippen molar-refractivity contribution in [2.45, 2.75) is 33.1 Å². The van der Waals surface area contributed by atoms with Crippen LogP contribution in [0.15, 0.2) is 6.20 Å². The molecule has 5 nitrogen and oxygen atoms in total. The lowest BCUT2D eigenvalue weighted by Gasteiger charge is -2.14. The van der Waals surface area contributed by atoms with Gasteiger partial charge in [0.2, 0.25) is 5.91 Å². The summed E-state index contributed by atoms with van der Waals surface area (Å²) in [5, 5.41) is 12.5. The van der Waals surface area contributed by atoms with E-state index >= 15 is 0 Å². The maximum absolute atomic E-state index is 12.2. The van der Waals surface area contributed by atoms with Crippen molar-refractivity contribution in [3.8, 4) is 0 Å². The highest BCUT2D eigenvalue weighted by Crippen LogP contribution is 2.39. The Morgan fingerprint density at radius 1 is 1.47 bits per heavy atom. The molecule has 1 heterocycles. The largest absolute Gasteiger partial charge is 0.481 e. The van der Waals surface area contributed by atoms with Gasteiger partial charge in [-0.15, -0.1) is 11.3 Å². The third-order valence-electron chi connectivity index (χ3n) is 3.74. The molecule has 1 saturated carbocycles. The lowest BCUT2D eigenvalue weighted by Crippen LogP contribution is -2.29. The minimum atomic E-state index is -0.869. The van der Waals surface area contributed by atoms with Crippen LogP contribution in [0.2, 0.25) is 0 Å². The molecular weight excluding hydrogens is 264 g/mol. The zero-order chi connectivity index (χ0) is 14.0. The van der Waals surface area contributed by atoms with Crippen molar-refractivity contribution in [2.75, 3.05) is 5.32 Å². The van der Waals surface area contributed by atoms with Crippen molar-refractivity contribution >= 4 is 28.3 Å². The molecule has 0 bridgehead atoms. The second-order valence-electron chi connectivity index (χ2n) is 5.06. The number of amides is 1. The molecule has 2 rings (SSSR count). The quantitative estimate of drug-likeness (QED) is 0.889. The molecule has 6 heteroatoms. The number of nitrogens with one attached hydrogen (secondary N) is 1. The van der Waals surface area contributed by atoms with E-state index in [0.717, 1.165) is 11.3 Å². The topological polar surface area (TPSA) is 79.3 Å². The Bertz CT molecular complexity index is 486. The summed E-state index contributed by atoms with van der Waals surface area (Å²) in [5.74, 6) is -1.75. The first kappa shape index (κ1) is 14.0. The van der Waals surface area contributed by atoms with E-state index in [-0.39, 0.29) is 5.91 Å². The van der Waals surface area contributed by atoms with Gasteiger partial charge in [-0.05, 0) is 25.7 Å². The molecule has 1 aromatic heterocycles. The zero-order valence-electron chi connectivity index (χ0n) is 11.0. The predicted octanol–water partition coefficient (Wildman–Crippen LogP) is 2.53. The molecule has 0 spiro atoms. The van der Waals surface area contributed by atoms with Crippen molar-refractivity contribution in [1.29, 1.82) is 0 Å². The molecule has 1 amide bonds. The highest BCUT2D eigenvalue weighted by molar-refractivity contribution is 7.15. The minimum absolute atomic E-state index is 0.210. The second kappa shape index (κ2) is 5.69. The molecule has 2 N–H and O–H groups in total. The molecule has 1 aliphatic rings. The lowest BCUT2D eigenvalue weighted by atomic mass is 9.95. The van der Waals surface area contributed by atoms with E-state index in [4.69, 9.17) is 0 Å². The number of aromatic nitrogens is 1. The fourth-order valence-electron chi connectivity index (χ4n) is 2.65. The molecule has 3 atom stereocenters. The Morgan fingerprint density at radius 2 is 2.16 bits per heavy atom. The SMILES string of the molecule is CCC1CC(C(=O)O)C(C(=O)Nc2ncc(C)s2)C1. The van der Waals surface area contributed by atoms with Gasteiger partial charge in [-0.2, -0.15) is 0 Å². The van der Waals surface area contributed by atoms with E-state index < -0.39 is 17.8 Å². The van der Waals surface area contributed by atoms with Gasteiger partial charge in [0.15, 0.2) is 5.13 Å². The number of carbonyl (C=O) groups is 2. The molecule has 1 fully saturated rings. The number of hydrogen-bond donors (Lipinski definition) is 2. The van der Waals surface area contributed by atoms with E-state index in [9.17, 15) is 14.7 Å². The normalized spacial score (nSPS) is 26.3. The van der Waals surface area contributed by atoms with E-state index in [1.165, 1.54) is 11.3 Å². The van der Waals surface area contributed by atoms with E-state index in [1.807, 2.05) is 13.8 Å². The van der Waals surface area contributed by atoms with Gasteiger partial charge >= 0.3 is 5.97 Å². The summed E-state index contributed by atoms with van der Waals surface area (Å²) in [7, 11) is 0. The number of nitrogens with zero attached hydrogens (tertiary/aromatic N) is 1. The van der Waals surface area contributed by atoms with Crippen LogP contribution in [0.4, 0.5) is 5.13 Å². The molecule has 19 heavy (non-hydrogen) atoms. The molecule has 1 aliphatic carbocycles. The van der Waals surface area contributed by atoms with Crippen LogP contribution >= 0.6 is 11.3 Å². The summed E-state index contributed by atoms with van der Waals surface area (Å²) < 4.78 is 0. The number of carboxylic acid groups (broad SMARTS) is 1. The summed E-state index contributed by atoms with van der Waals surface area (Å²) in [4.78, 5) is 28.5. The molecular formula is C13H18N2O3S. The van der Waals surface area contributed by atoms with Gasteiger partial charge in [-0.25, -0.2) is 4.98 Å². The number of aryl methyl sites for hydroxylation is 1. The minimum Gasteiger partial charge on any atom is -0.481 e. The van der Waals surface area contributed by atoms with Crippen molar-refractivity contribution in [3.63, 3.8) is 0 Å². The molecule has 0 aliphatic heterocycles. The first-order valence-electron chi connectivity index (χ1n) is 6.47. The maximum Gasteiger partial charge on any atom is 0.307 e. The van der Waals surface area contributed by atoms with Crippen molar-refractivity contribution < 1.29 is 14.7 Å². The summed E-state index contributed by atoms with van der Waals surface area (Å²) in [6.45, 7) is 3.95. The Labute approximate surface area is 116 Å². The van der Waals surface area contributed by atoms with Crippen molar-refractivity contribution in [2.24, 2.45) is 17.8 Å². The third-order valence-corrected chi connectivity index (χ3v) is 4.57. The van der Waals surface area contributed by atoms with Gasteiger partial charge in [0, 0.05) is 11.1 Å². The van der Waals surface area contributed by atoms with Crippen LogP contribution in [0.1, 0.15) is 31.1 Å². The Balaban J connectivity index is 2.06. The van der Waals surface area contributed by atoms with Gasteiger partial charge in [-0.3, -0.25) is 9.59 Å². The van der Waals surface area contributed by atoms with Gasteiger partial charge in [0.05, 0.1) is 11.8 Å². The van der Waals surface area contributed by atoms with Crippen LogP contribution in [0, 0.1) is 24.7 Å². The smallest absolute Gasteiger partial charge is 0.307 e. The van der Waals surface area contributed by atoms with Gasteiger partial charge in [-0.1, -0.05) is 13.3 Å². The van der Waals surface area contributed by atoms with Gasteiger partial charge < -0.3 is 10.4 Å². The van der Waals surface area contributed by atoms with Crippen LogP contribution in [0.3, 0.4) is 0 Å². The molecule has 0 saturated heterocycles. The fraction of sp³-hybridized carbons (Fsp3) is 0.615. The van der Waals surface area contributed by atoms with Crippen LogP contribution in [0.5, 0.6) is 0 Å². The van der Waals surface area contributed by atoms with Crippen LogP contribution in [-0.2, 0) is 9.59 Å². The molecule has 0 aromatic carbocycles. The first-order chi connectivity index (χ1) is 9.01. The first-order valence-corrected chi connectivity index (χ1v) is 7.29. The fourth-order valence-corrected chi connectivity index (χ4v) is 3.32. The van der Waals surface area contributed by atoms with Crippen molar-refractivity contribution in [1.82, 2.24) is 4.98 Å². The van der Waals surface area contributed by atoms with E-state index in [0.29, 0.717) is 23.9 Å². The molecule has 1 aromatic rings. The highest BCUT2D eigenvalue weighted by Gasteiger charge is 2.42. The van der Waals surface area contributed by atoms with Crippen LogP contribution in [-0.4, -0.2) is 22.0 Å².